The Labute approximate surface area is 146 Å². The number of carbonyl (C=O) groups is 1. The maximum absolute atomic E-state index is 11.1. The molecular weight excluding hydrogens is 318 g/mol. The van der Waals surface area contributed by atoms with Crippen LogP contribution in [0.25, 0.3) is 16.7 Å². The zero-order valence-electron chi connectivity index (χ0n) is 14.2. The summed E-state index contributed by atoms with van der Waals surface area (Å²) in [5.41, 5.74) is 3.21. The number of esters is 1. The highest BCUT2D eigenvalue weighted by Crippen LogP contribution is 2.23. The minimum Gasteiger partial charge on any atom is -0.506 e. The summed E-state index contributed by atoms with van der Waals surface area (Å²) in [7, 11) is 0. The van der Waals surface area contributed by atoms with Crippen LogP contribution in [0, 0.1) is 0 Å². The largest absolute Gasteiger partial charge is 0.506 e. The molecule has 1 heterocycles. The van der Waals surface area contributed by atoms with E-state index in [-0.39, 0.29) is 11.7 Å². The number of hydrogen-bond acceptors (Lipinski definition) is 5. The molecule has 3 aromatic rings. The van der Waals surface area contributed by atoms with Crippen LogP contribution in [-0.4, -0.2) is 32.7 Å². The van der Waals surface area contributed by atoms with Gasteiger partial charge in [-0.1, -0.05) is 25.1 Å². The van der Waals surface area contributed by atoms with Crippen molar-refractivity contribution in [3.05, 3.63) is 48.0 Å². The van der Waals surface area contributed by atoms with Gasteiger partial charge >= 0.3 is 5.97 Å². The van der Waals surface area contributed by atoms with Gasteiger partial charge in [0.25, 0.3) is 0 Å². The summed E-state index contributed by atoms with van der Waals surface area (Å²) in [5, 5.41) is 19.0. The Morgan fingerprint density at radius 2 is 1.84 bits per heavy atom. The van der Waals surface area contributed by atoms with Gasteiger partial charge < -0.3 is 9.84 Å². The monoisotopic (exact) mass is 339 g/mol. The average molecular weight is 339 g/mol. The molecule has 0 aliphatic carbocycles. The van der Waals surface area contributed by atoms with Gasteiger partial charge in [0, 0.05) is 6.42 Å². The van der Waals surface area contributed by atoms with Crippen molar-refractivity contribution in [1.82, 2.24) is 15.0 Å². The predicted octanol–water partition coefficient (Wildman–Crippen LogP) is 3.40. The van der Waals surface area contributed by atoms with Crippen molar-refractivity contribution in [2.24, 2.45) is 0 Å². The van der Waals surface area contributed by atoms with E-state index >= 15 is 0 Å². The van der Waals surface area contributed by atoms with E-state index in [4.69, 9.17) is 4.74 Å². The Bertz CT molecular complexity index is 840. The molecule has 0 saturated heterocycles. The van der Waals surface area contributed by atoms with Crippen LogP contribution in [-0.2, 0) is 16.0 Å². The highest BCUT2D eigenvalue weighted by atomic mass is 16.5. The van der Waals surface area contributed by atoms with Crippen LogP contribution in [0.15, 0.2) is 42.5 Å². The smallest absolute Gasteiger partial charge is 0.305 e. The number of aromatic nitrogens is 3. The molecule has 0 fully saturated rings. The van der Waals surface area contributed by atoms with Crippen LogP contribution in [0.3, 0.4) is 0 Å². The zero-order valence-corrected chi connectivity index (χ0v) is 14.2. The molecule has 0 aliphatic rings. The minimum atomic E-state index is -0.163. The molecule has 0 bridgehead atoms. The summed E-state index contributed by atoms with van der Waals surface area (Å²) in [6, 6.07) is 13.0. The molecule has 0 aliphatic heterocycles. The van der Waals surface area contributed by atoms with E-state index in [1.807, 2.05) is 36.4 Å². The normalized spacial score (nSPS) is 10.9. The predicted molar refractivity (Wildman–Crippen MR) is 94.7 cm³/mol. The van der Waals surface area contributed by atoms with Crippen LogP contribution in [0.4, 0.5) is 0 Å². The third-order valence-corrected chi connectivity index (χ3v) is 3.95. The fourth-order valence-electron chi connectivity index (χ4n) is 2.57. The number of carbonyl (C=O) groups excluding carboxylic acids is 1. The Morgan fingerprint density at radius 1 is 1.12 bits per heavy atom. The second kappa shape index (κ2) is 7.79. The number of phenols is 1. The van der Waals surface area contributed by atoms with Gasteiger partial charge in [0.1, 0.15) is 22.5 Å². The molecule has 2 aromatic carbocycles. The van der Waals surface area contributed by atoms with Gasteiger partial charge in [0.05, 0.1) is 6.61 Å². The number of aromatic hydroxyl groups is 1. The Morgan fingerprint density at radius 3 is 2.52 bits per heavy atom. The summed E-state index contributed by atoms with van der Waals surface area (Å²) in [6.45, 7) is 2.23. The minimum absolute atomic E-state index is 0.140. The molecule has 0 atom stereocenters. The van der Waals surface area contributed by atoms with Crippen molar-refractivity contribution >= 4 is 17.0 Å². The van der Waals surface area contributed by atoms with Gasteiger partial charge in [0.2, 0.25) is 0 Å². The summed E-state index contributed by atoms with van der Waals surface area (Å²) in [6.07, 6.45) is 2.95. The molecule has 3 rings (SSSR count). The number of unbranched alkanes of at least 4 members (excludes halogenated alkanes) is 1. The third kappa shape index (κ3) is 4.15. The first kappa shape index (κ1) is 17.0. The van der Waals surface area contributed by atoms with E-state index in [0.29, 0.717) is 18.7 Å². The van der Waals surface area contributed by atoms with Crippen molar-refractivity contribution in [1.29, 1.82) is 0 Å². The van der Waals surface area contributed by atoms with E-state index in [9.17, 15) is 9.90 Å². The molecule has 0 radical (unpaired) electrons. The summed E-state index contributed by atoms with van der Waals surface area (Å²) < 4.78 is 5.07. The summed E-state index contributed by atoms with van der Waals surface area (Å²) in [5.74, 6) is -0.0234. The number of nitrogens with zero attached hydrogens (tertiary/aromatic N) is 3. The maximum atomic E-state index is 11.1. The standard InChI is InChI=1S/C19H21N3O3/c1-2-19(24)25-12-6-5-7-14-10-11-18(23)17(13-14)22-20-15-8-3-4-9-16(15)21-22/h3-4,8-11,13,23H,2,5-7,12H2,1H3. The van der Waals surface area contributed by atoms with Crippen molar-refractivity contribution in [2.75, 3.05) is 6.61 Å². The molecule has 0 amide bonds. The number of fused-ring (bicyclic) bond motifs is 1. The first-order chi connectivity index (χ1) is 12.2. The fourth-order valence-corrected chi connectivity index (χ4v) is 2.57. The van der Waals surface area contributed by atoms with Crippen LogP contribution in [0.2, 0.25) is 0 Å². The molecule has 6 heteroatoms. The van der Waals surface area contributed by atoms with Crippen molar-refractivity contribution in [3.63, 3.8) is 0 Å². The summed E-state index contributed by atoms with van der Waals surface area (Å²) in [4.78, 5) is 12.6. The Kier molecular flexibility index (Phi) is 5.28. The molecule has 0 spiro atoms. The molecule has 1 aromatic heterocycles. The van der Waals surface area contributed by atoms with Crippen molar-refractivity contribution in [3.8, 4) is 11.4 Å². The van der Waals surface area contributed by atoms with Gasteiger partial charge in [-0.05, 0) is 49.1 Å². The Hall–Kier alpha value is -2.89. The molecular formula is C19H21N3O3. The number of phenolic OH excluding ortho intramolecular Hbond substituents is 1. The SMILES string of the molecule is CCC(=O)OCCCCc1ccc(O)c(-n2nc3ccccc3n2)c1. The number of aryl methyl sites for hydroxylation is 1. The second-order valence-electron chi connectivity index (χ2n) is 5.83. The lowest BCUT2D eigenvalue weighted by Crippen LogP contribution is -2.04. The third-order valence-electron chi connectivity index (χ3n) is 3.95. The number of ether oxygens (including phenoxy) is 1. The molecule has 130 valence electrons. The van der Waals surface area contributed by atoms with Crippen molar-refractivity contribution < 1.29 is 14.6 Å². The molecule has 1 N–H and O–H groups in total. The number of rotatable bonds is 7. The van der Waals surface area contributed by atoms with Gasteiger partial charge in [0.15, 0.2) is 0 Å². The first-order valence-electron chi connectivity index (χ1n) is 8.47. The lowest BCUT2D eigenvalue weighted by molar-refractivity contribution is -0.143. The molecule has 0 saturated carbocycles. The van der Waals surface area contributed by atoms with Gasteiger partial charge in [-0.25, -0.2) is 0 Å². The topological polar surface area (TPSA) is 77.2 Å². The van der Waals surface area contributed by atoms with Gasteiger partial charge in [-0.2, -0.15) is 0 Å². The molecule has 25 heavy (non-hydrogen) atoms. The quantitative estimate of drug-likeness (QED) is 0.527. The first-order valence-corrected chi connectivity index (χ1v) is 8.47. The van der Waals surface area contributed by atoms with Crippen LogP contribution >= 0.6 is 0 Å². The average Bonchev–Trinajstić information content (AvgIpc) is 3.06. The second-order valence-corrected chi connectivity index (χ2v) is 5.83. The van der Waals surface area contributed by atoms with Gasteiger partial charge in [-0.3, -0.25) is 4.79 Å². The van der Waals surface area contributed by atoms with Crippen LogP contribution in [0.1, 0.15) is 31.7 Å². The maximum Gasteiger partial charge on any atom is 0.305 e. The highest BCUT2D eigenvalue weighted by molar-refractivity contribution is 5.73. The van der Waals surface area contributed by atoms with E-state index in [1.54, 1.807) is 13.0 Å². The fraction of sp³-hybridized carbons (Fsp3) is 0.316. The molecule has 6 nitrogen and oxygen atoms in total. The van der Waals surface area contributed by atoms with E-state index in [1.165, 1.54) is 4.80 Å². The summed E-state index contributed by atoms with van der Waals surface area (Å²) >= 11 is 0. The molecule has 0 unspecified atom stereocenters. The van der Waals surface area contributed by atoms with Gasteiger partial charge in [-0.15, -0.1) is 15.0 Å². The number of hydrogen-bond donors (Lipinski definition) is 1. The van der Waals surface area contributed by atoms with E-state index in [2.05, 4.69) is 10.2 Å². The lowest BCUT2D eigenvalue weighted by Gasteiger charge is -2.07. The van der Waals surface area contributed by atoms with Crippen molar-refractivity contribution in [2.45, 2.75) is 32.6 Å². The highest BCUT2D eigenvalue weighted by Gasteiger charge is 2.09. The van der Waals surface area contributed by atoms with E-state index < -0.39 is 0 Å². The van der Waals surface area contributed by atoms with Crippen LogP contribution in [0.5, 0.6) is 5.75 Å². The zero-order chi connectivity index (χ0) is 17.6. The number of benzene rings is 2. The lowest BCUT2D eigenvalue weighted by atomic mass is 10.1. The van der Waals surface area contributed by atoms with Crippen LogP contribution < -0.4 is 0 Å². The van der Waals surface area contributed by atoms with E-state index in [0.717, 1.165) is 35.9 Å². The Balaban J connectivity index is 1.67.